The lowest BCUT2D eigenvalue weighted by atomic mass is 10.1. The SMILES string of the molecule is CN=C(NCCc1ccc(C)c(OC)c1)NCCc1nc(C(C)C)no1. The van der Waals surface area contributed by atoms with Gasteiger partial charge in [-0.15, -0.1) is 0 Å². The van der Waals surface area contributed by atoms with Crippen LogP contribution >= 0.6 is 0 Å². The third-order valence-corrected chi connectivity index (χ3v) is 4.03. The fourth-order valence-electron chi connectivity index (χ4n) is 2.46. The van der Waals surface area contributed by atoms with Gasteiger partial charge in [0.05, 0.1) is 7.11 Å². The van der Waals surface area contributed by atoms with Crippen LogP contribution in [0.1, 0.15) is 42.6 Å². The number of hydrogen-bond acceptors (Lipinski definition) is 5. The largest absolute Gasteiger partial charge is 0.496 e. The van der Waals surface area contributed by atoms with Gasteiger partial charge in [-0.3, -0.25) is 4.99 Å². The van der Waals surface area contributed by atoms with E-state index >= 15 is 0 Å². The van der Waals surface area contributed by atoms with E-state index in [-0.39, 0.29) is 5.92 Å². The van der Waals surface area contributed by atoms with Crippen molar-refractivity contribution in [3.05, 3.63) is 41.0 Å². The highest BCUT2D eigenvalue weighted by molar-refractivity contribution is 5.79. The fraction of sp³-hybridized carbons (Fsp3) is 0.526. The van der Waals surface area contributed by atoms with Crippen molar-refractivity contribution in [1.82, 2.24) is 20.8 Å². The Morgan fingerprint density at radius 3 is 2.58 bits per heavy atom. The van der Waals surface area contributed by atoms with Crippen molar-refractivity contribution >= 4 is 5.96 Å². The molecule has 0 spiro atoms. The number of aryl methyl sites for hydroxylation is 1. The summed E-state index contributed by atoms with van der Waals surface area (Å²) in [6.45, 7) is 7.59. The zero-order valence-electron chi connectivity index (χ0n) is 16.3. The number of hydrogen-bond donors (Lipinski definition) is 2. The average Bonchev–Trinajstić information content (AvgIpc) is 3.11. The molecule has 26 heavy (non-hydrogen) atoms. The van der Waals surface area contributed by atoms with Crippen LogP contribution in [0.25, 0.3) is 0 Å². The van der Waals surface area contributed by atoms with E-state index in [0.29, 0.717) is 18.9 Å². The Kier molecular flexibility index (Phi) is 7.44. The van der Waals surface area contributed by atoms with Crippen LogP contribution in [-0.4, -0.2) is 43.3 Å². The van der Waals surface area contributed by atoms with E-state index in [1.807, 2.05) is 20.8 Å². The minimum Gasteiger partial charge on any atom is -0.496 e. The maximum atomic E-state index is 5.37. The van der Waals surface area contributed by atoms with E-state index in [2.05, 4.69) is 44.0 Å². The molecule has 1 heterocycles. The summed E-state index contributed by atoms with van der Waals surface area (Å²) in [7, 11) is 3.46. The third kappa shape index (κ3) is 5.75. The zero-order valence-corrected chi connectivity index (χ0v) is 16.3. The Bertz CT molecular complexity index is 724. The first-order chi connectivity index (χ1) is 12.5. The summed E-state index contributed by atoms with van der Waals surface area (Å²) in [6, 6.07) is 6.28. The number of nitrogens with one attached hydrogen (secondary N) is 2. The standard InChI is InChI=1S/C19H29N5O2/c1-13(2)18-23-17(26-24-18)9-11-22-19(20-4)21-10-8-15-7-6-14(3)16(12-15)25-5/h6-7,12-13H,8-11H2,1-5H3,(H2,20,21,22). The Labute approximate surface area is 155 Å². The molecule has 0 unspecified atom stereocenters. The van der Waals surface area contributed by atoms with Gasteiger partial charge in [0.25, 0.3) is 0 Å². The van der Waals surface area contributed by atoms with Gasteiger partial charge < -0.3 is 19.9 Å². The molecule has 0 aliphatic rings. The van der Waals surface area contributed by atoms with E-state index in [9.17, 15) is 0 Å². The number of nitrogens with zero attached hydrogens (tertiary/aromatic N) is 3. The van der Waals surface area contributed by atoms with Crippen LogP contribution in [0, 0.1) is 6.92 Å². The average molecular weight is 359 g/mol. The van der Waals surface area contributed by atoms with Crippen LogP contribution in [-0.2, 0) is 12.8 Å². The van der Waals surface area contributed by atoms with E-state index in [1.165, 1.54) is 5.56 Å². The van der Waals surface area contributed by atoms with Gasteiger partial charge in [-0.05, 0) is 30.5 Å². The van der Waals surface area contributed by atoms with Gasteiger partial charge in [0.15, 0.2) is 11.8 Å². The normalized spacial score (nSPS) is 11.7. The minimum atomic E-state index is 0.273. The van der Waals surface area contributed by atoms with E-state index < -0.39 is 0 Å². The Balaban J connectivity index is 1.73. The number of methoxy groups -OCH3 is 1. The summed E-state index contributed by atoms with van der Waals surface area (Å²) in [5.41, 5.74) is 2.37. The summed E-state index contributed by atoms with van der Waals surface area (Å²) < 4.78 is 10.6. The molecular weight excluding hydrogens is 330 g/mol. The molecule has 2 N–H and O–H groups in total. The molecule has 2 aromatic rings. The van der Waals surface area contributed by atoms with E-state index in [0.717, 1.165) is 36.1 Å². The molecule has 142 valence electrons. The van der Waals surface area contributed by atoms with Crippen molar-refractivity contribution in [2.45, 2.75) is 39.5 Å². The van der Waals surface area contributed by atoms with Crippen LogP contribution in [0.4, 0.5) is 0 Å². The molecule has 0 fully saturated rings. The number of benzene rings is 1. The predicted octanol–water partition coefficient (Wildman–Crippen LogP) is 2.46. The molecular formula is C19H29N5O2. The summed E-state index contributed by atoms with van der Waals surface area (Å²) in [4.78, 5) is 8.60. The van der Waals surface area contributed by atoms with Crippen molar-refractivity contribution in [3.8, 4) is 5.75 Å². The molecule has 1 aromatic heterocycles. The van der Waals surface area contributed by atoms with Gasteiger partial charge in [-0.1, -0.05) is 31.1 Å². The molecule has 0 saturated carbocycles. The first-order valence-corrected chi connectivity index (χ1v) is 8.94. The smallest absolute Gasteiger partial charge is 0.228 e. The van der Waals surface area contributed by atoms with E-state index in [4.69, 9.17) is 9.26 Å². The maximum absolute atomic E-state index is 5.37. The lowest BCUT2D eigenvalue weighted by Crippen LogP contribution is -2.39. The van der Waals surface area contributed by atoms with Crippen LogP contribution < -0.4 is 15.4 Å². The van der Waals surface area contributed by atoms with Crippen molar-refractivity contribution in [2.75, 3.05) is 27.2 Å². The van der Waals surface area contributed by atoms with Gasteiger partial charge in [-0.2, -0.15) is 4.98 Å². The molecule has 0 amide bonds. The Morgan fingerprint density at radius 2 is 1.96 bits per heavy atom. The molecule has 1 aromatic carbocycles. The van der Waals surface area contributed by atoms with Crippen LogP contribution in [0.5, 0.6) is 5.75 Å². The third-order valence-electron chi connectivity index (χ3n) is 4.03. The highest BCUT2D eigenvalue weighted by Gasteiger charge is 2.09. The summed E-state index contributed by atoms with van der Waals surface area (Å²) >= 11 is 0. The maximum Gasteiger partial charge on any atom is 0.228 e. The van der Waals surface area contributed by atoms with Crippen LogP contribution in [0.2, 0.25) is 0 Å². The second kappa shape index (κ2) is 9.79. The lowest BCUT2D eigenvalue weighted by molar-refractivity contribution is 0.371. The first kappa shape index (κ1) is 19.8. The molecule has 0 radical (unpaired) electrons. The van der Waals surface area contributed by atoms with Gasteiger partial charge in [-0.25, -0.2) is 0 Å². The quantitative estimate of drug-likeness (QED) is 0.556. The van der Waals surface area contributed by atoms with Crippen molar-refractivity contribution < 1.29 is 9.26 Å². The number of ether oxygens (including phenoxy) is 1. The van der Waals surface area contributed by atoms with Gasteiger partial charge in [0, 0.05) is 32.5 Å². The number of aliphatic imine (C=N–C) groups is 1. The zero-order chi connectivity index (χ0) is 18.9. The number of guanidine groups is 1. The number of aromatic nitrogens is 2. The molecule has 0 aliphatic heterocycles. The predicted molar refractivity (Wildman–Crippen MR) is 103 cm³/mol. The molecule has 7 nitrogen and oxygen atoms in total. The monoisotopic (exact) mass is 359 g/mol. The topological polar surface area (TPSA) is 84.6 Å². The summed E-state index contributed by atoms with van der Waals surface area (Å²) in [6.07, 6.45) is 1.55. The second-order valence-corrected chi connectivity index (χ2v) is 6.43. The summed E-state index contributed by atoms with van der Waals surface area (Å²) in [5, 5.41) is 10.5. The van der Waals surface area contributed by atoms with Crippen molar-refractivity contribution in [2.24, 2.45) is 4.99 Å². The highest BCUT2D eigenvalue weighted by Crippen LogP contribution is 2.19. The second-order valence-electron chi connectivity index (χ2n) is 6.43. The van der Waals surface area contributed by atoms with Gasteiger partial charge in [0.2, 0.25) is 5.89 Å². The van der Waals surface area contributed by atoms with Crippen LogP contribution in [0.3, 0.4) is 0 Å². The highest BCUT2D eigenvalue weighted by atomic mass is 16.5. The van der Waals surface area contributed by atoms with Gasteiger partial charge >= 0.3 is 0 Å². The molecule has 0 saturated heterocycles. The van der Waals surface area contributed by atoms with Crippen molar-refractivity contribution in [3.63, 3.8) is 0 Å². The van der Waals surface area contributed by atoms with Crippen LogP contribution in [0.15, 0.2) is 27.7 Å². The molecule has 0 bridgehead atoms. The Morgan fingerprint density at radius 1 is 1.23 bits per heavy atom. The lowest BCUT2D eigenvalue weighted by Gasteiger charge is -2.12. The molecule has 7 heteroatoms. The Hall–Kier alpha value is -2.57. The minimum absolute atomic E-state index is 0.273. The van der Waals surface area contributed by atoms with Gasteiger partial charge in [0.1, 0.15) is 5.75 Å². The summed E-state index contributed by atoms with van der Waals surface area (Å²) in [5.74, 6) is 3.34. The first-order valence-electron chi connectivity index (χ1n) is 8.94. The van der Waals surface area contributed by atoms with E-state index in [1.54, 1.807) is 14.2 Å². The molecule has 2 rings (SSSR count). The fourth-order valence-corrected chi connectivity index (χ4v) is 2.46. The molecule has 0 atom stereocenters. The molecule has 0 aliphatic carbocycles. The number of rotatable bonds is 8. The van der Waals surface area contributed by atoms with Crippen molar-refractivity contribution in [1.29, 1.82) is 0 Å².